The van der Waals surface area contributed by atoms with Gasteiger partial charge in [0, 0.05) is 16.4 Å². The molecule has 3 rings (SSSR count). The second-order valence-electron chi connectivity index (χ2n) is 6.36. The molecule has 3 aromatic rings. The molecule has 8 heteroatoms. The summed E-state index contributed by atoms with van der Waals surface area (Å²) < 4.78 is 5.57. The Morgan fingerprint density at radius 3 is 2.68 bits per heavy atom. The van der Waals surface area contributed by atoms with Crippen LogP contribution in [0.3, 0.4) is 0 Å². The Kier molecular flexibility index (Phi) is 5.19. The first kappa shape index (κ1) is 17.6. The van der Waals surface area contributed by atoms with Crippen molar-refractivity contribution in [3.05, 3.63) is 41.4 Å². The molecule has 25 heavy (non-hydrogen) atoms. The van der Waals surface area contributed by atoms with Crippen molar-refractivity contribution in [2.45, 2.75) is 31.4 Å². The number of aromatic nitrogens is 3. The van der Waals surface area contributed by atoms with Crippen LogP contribution in [0.25, 0.3) is 11.5 Å². The average molecular weight is 374 g/mol. The molecule has 0 bridgehead atoms. The van der Waals surface area contributed by atoms with E-state index in [1.165, 1.54) is 23.1 Å². The molecule has 0 unspecified atom stereocenters. The van der Waals surface area contributed by atoms with Gasteiger partial charge in [-0.3, -0.25) is 4.79 Å². The molecule has 0 atom stereocenters. The fourth-order valence-electron chi connectivity index (χ4n) is 1.92. The Bertz CT molecular complexity index is 853. The zero-order valence-electron chi connectivity index (χ0n) is 14.1. The van der Waals surface area contributed by atoms with Gasteiger partial charge < -0.3 is 9.73 Å². The molecule has 0 radical (unpaired) electrons. The first-order valence-corrected chi connectivity index (χ1v) is 9.56. The first-order chi connectivity index (χ1) is 11.9. The lowest BCUT2D eigenvalue weighted by Gasteiger charge is -2.14. The van der Waals surface area contributed by atoms with E-state index in [-0.39, 0.29) is 17.1 Å². The van der Waals surface area contributed by atoms with Crippen LogP contribution in [-0.4, -0.2) is 26.8 Å². The molecule has 0 spiro atoms. The summed E-state index contributed by atoms with van der Waals surface area (Å²) in [6, 6.07) is 9.51. The maximum Gasteiger partial charge on any atom is 0.277 e. The summed E-state index contributed by atoms with van der Waals surface area (Å²) in [4.78, 5) is 16.5. The third-order valence-corrected chi connectivity index (χ3v) is 4.85. The minimum Gasteiger partial charge on any atom is -0.411 e. The lowest BCUT2D eigenvalue weighted by Crippen LogP contribution is -2.15. The van der Waals surface area contributed by atoms with Crippen LogP contribution in [0.1, 0.15) is 26.5 Å². The second kappa shape index (κ2) is 7.37. The van der Waals surface area contributed by atoms with Crippen LogP contribution in [-0.2, 0) is 10.2 Å². The Balaban J connectivity index is 1.54. The Morgan fingerprint density at radius 1 is 1.24 bits per heavy atom. The predicted octanol–water partition coefficient (Wildman–Crippen LogP) is 4.22. The van der Waals surface area contributed by atoms with Crippen molar-refractivity contribution in [1.82, 2.24) is 15.2 Å². The Labute approximate surface area is 154 Å². The van der Waals surface area contributed by atoms with Gasteiger partial charge in [-0.15, -0.1) is 21.5 Å². The van der Waals surface area contributed by atoms with Crippen LogP contribution in [0.4, 0.5) is 5.13 Å². The highest BCUT2D eigenvalue weighted by Crippen LogP contribution is 2.27. The van der Waals surface area contributed by atoms with E-state index >= 15 is 0 Å². The normalized spacial score (nSPS) is 11.5. The molecule has 0 saturated carbocycles. The number of thiazole rings is 1. The molecule has 6 nitrogen and oxygen atoms in total. The number of thioether (sulfide) groups is 1. The highest BCUT2D eigenvalue weighted by atomic mass is 32.2. The molecule has 130 valence electrons. The monoisotopic (exact) mass is 374 g/mol. The maximum atomic E-state index is 12.1. The van der Waals surface area contributed by atoms with Gasteiger partial charge >= 0.3 is 0 Å². The number of hydrogen-bond acceptors (Lipinski definition) is 7. The van der Waals surface area contributed by atoms with Crippen LogP contribution in [0.2, 0.25) is 0 Å². The van der Waals surface area contributed by atoms with Gasteiger partial charge in [0.2, 0.25) is 11.8 Å². The number of hydrogen-bond donors (Lipinski definition) is 1. The molecule has 1 aromatic carbocycles. The number of carbonyl (C=O) groups excluding carboxylic acids is 1. The summed E-state index contributed by atoms with van der Waals surface area (Å²) >= 11 is 2.62. The maximum absolute atomic E-state index is 12.1. The standard InChI is InChI=1S/C17H18N4O2S2/c1-17(2,3)12-9-24-15(18-12)19-13(22)10-25-16-21-20-14(23-16)11-7-5-4-6-8-11/h4-9H,10H2,1-3H3,(H,18,19,22). The smallest absolute Gasteiger partial charge is 0.277 e. The number of nitrogens with zero attached hydrogens (tertiary/aromatic N) is 3. The third-order valence-electron chi connectivity index (χ3n) is 3.27. The van der Waals surface area contributed by atoms with Gasteiger partial charge in [-0.1, -0.05) is 50.7 Å². The number of nitrogens with one attached hydrogen (secondary N) is 1. The number of rotatable bonds is 5. The van der Waals surface area contributed by atoms with Gasteiger partial charge in [0.05, 0.1) is 11.4 Å². The van der Waals surface area contributed by atoms with Crippen molar-refractivity contribution in [3.8, 4) is 11.5 Å². The average Bonchev–Trinajstić information content (AvgIpc) is 3.23. The Morgan fingerprint density at radius 2 is 2.00 bits per heavy atom. The lowest BCUT2D eigenvalue weighted by molar-refractivity contribution is -0.113. The molecule has 2 aromatic heterocycles. The Hall–Kier alpha value is -2.19. The molecule has 0 aliphatic rings. The summed E-state index contributed by atoms with van der Waals surface area (Å²) in [6.07, 6.45) is 0. The number of carbonyl (C=O) groups is 1. The highest BCUT2D eigenvalue weighted by molar-refractivity contribution is 7.99. The zero-order chi connectivity index (χ0) is 17.9. The summed E-state index contributed by atoms with van der Waals surface area (Å²) in [7, 11) is 0. The molecule has 0 saturated heterocycles. The minimum atomic E-state index is -0.153. The van der Waals surface area contributed by atoms with E-state index in [1.54, 1.807) is 0 Å². The lowest BCUT2D eigenvalue weighted by atomic mass is 9.93. The molecular weight excluding hydrogens is 356 g/mol. The molecule has 0 aliphatic carbocycles. The van der Waals surface area contributed by atoms with Crippen molar-refractivity contribution in [2.24, 2.45) is 0 Å². The third kappa shape index (κ3) is 4.67. The highest BCUT2D eigenvalue weighted by Gasteiger charge is 2.18. The van der Waals surface area contributed by atoms with Crippen LogP contribution < -0.4 is 5.32 Å². The van der Waals surface area contributed by atoms with Gasteiger partial charge in [0.15, 0.2) is 5.13 Å². The number of benzene rings is 1. The summed E-state index contributed by atoms with van der Waals surface area (Å²) in [5, 5.41) is 13.7. The fraction of sp³-hybridized carbons (Fsp3) is 0.294. The van der Waals surface area contributed by atoms with Crippen molar-refractivity contribution in [1.29, 1.82) is 0 Å². The van der Waals surface area contributed by atoms with E-state index in [0.29, 0.717) is 16.2 Å². The molecule has 0 aliphatic heterocycles. The van der Waals surface area contributed by atoms with E-state index in [1.807, 2.05) is 35.7 Å². The zero-order valence-corrected chi connectivity index (χ0v) is 15.8. The first-order valence-electron chi connectivity index (χ1n) is 7.69. The summed E-state index contributed by atoms with van der Waals surface area (Å²) in [5.74, 6) is 0.471. The number of anilines is 1. The van der Waals surface area contributed by atoms with Crippen LogP contribution in [0, 0.1) is 0 Å². The van der Waals surface area contributed by atoms with E-state index in [4.69, 9.17) is 4.42 Å². The van der Waals surface area contributed by atoms with Crippen molar-refractivity contribution in [3.63, 3.8) is 0 Å². The largest absolute Gasteiger partial charge is 0.411 e. The topological polar surface area (TPSA) is 80.9 Å². The quantitative estimate of drug-likeness (QED) is 0.674. The van der Waals surface area contributed by atoms with Crippen LogP contribution >= 0.6 is 23.1 Å². The van der Waals surface area contributed by atoms with Gasteiger partial charge in [0.1, 0.15) is 0 Å². The van der Waals surface area contributed by atoms with Gasteiger partial charge in [0.25, 0.3) is 5.22 Å². The molecule has 2 heterocycles. The molecule has 1 amide bonds. The predicted molar refractivity (Wildman–Crippen MR) is 99.9 cm³/mol. The van der Waals surface area contributed by atoms with Crippen LogP contribution in [0.5, 0.6) is 0 Å². The van der Waals surface area contributed by atoms with E-state index < -0.39 is 0 Å². The van der Waals surface area contributed by atoms with Crippen molar-refractivity contribution in [2.75, 3.05) is 11.1 Å². The molecule has 1 N–H and O–H groups in total. The van der Waals surface area contributed by atoms with E-state index in [2.05, 4.69) is 41.3 Å². The van der Waals surface area contributed by atoms with Gasteiger partial charge in [-0.05, 0) is 12.1 Å². The second-order valence-corrected chi connectivity index (χ2v) is 8.15. The molecule has 0 fully saturated rings. The van der Waals surface area contributed by atoms with Crippen molar-refractivity contribution < 1.29 is 9.21 Å². The molecular formula is C17H18N4O2S2. The fourth-order valence-corrected chi connectivity index (χ4v) is 3.44. The minimum absolute atomic E-state index is 0.0359. The summed E-state index contributed by atoms with van der Waals surface area (Å²) in [6.45, 7) is 6.26. The summed E-state index contributed by atoms with van der Waals surface area (Å²) in [5.41, 5.74) is 1.78. The van der Waals surface area contributed by atoms with Gasteiger partial charge in [-0.25, -0.2) is 4.98 Å². The number of amides is 1. The van der Waals surface area contributed by atoms with Crippen molar-refractivity contribution >= 4 is 34.1 Å². The van der Waals surface area contributed by atoms with Crippen LogP contribution in [0.15, 0.2) is 45.4 Å². The SMILES string of the molecule is CC(C)(C)c1csc(NC(=O)CSc2nnc(-c3ccccc3)o2)n1. The van der Waals surface area contributed by atoms with E-state index in [0.717, 1.165) is 11.3 Å². The van der Waals surface area contributed by atoms with Gasteiger partial charge in [-0.2, -0.15) is 0 Å². The van der Waals surface area contributed by atoms with E-state index in [9.17, 15) is 4.79 Å².